The molecule has 0 radical (unpaired) electrons. The predicted octanol–water partition coefficient (Wildman–Crippen LogP) is 5.11. The van der Waals surface area contributed by atoms with Crippen LogP contribution in [0.15, 0.2) is 64.1 Å². The Hall–Kier alpha value is -2.69. The Labute approximate surface area is 227 Å². The molecule has 0 saturated heterocycles. The third kappa shape index (κ3) is 8.98. The van der Waals surface area contributed by atoms with Crippen LogP contribution in [-0.4, -0.2) is 31.3 Å². The van der Waals surface area contributed by atoms with Gasteiger partial charge in [-0.25, -0.2) is 8.42 Å². The Morgan fingerprint density at radius 3 is 2.32 bits per heavy atom. The van der Waals surface area contributed by atoms with Gasteiger partial charge in [0.05, 0.1) is 4.90 Å². The van der Waals surface area contributed by atoms with Crippen molar-refractivity contribution in [3.63, 3.8) is 0 Å². The molecule has 1 atom stereocenters. The first-order valence-corrected chi connectivity index (χ1v) is 15.0. The van der Waals surface area contributed by atoms with Gasteiger partial charge in [0, 0.05) is 28.0 Å². The Morgan fingerprint density at radius 1 is 0.919 bits per heavy atom. The number of unbranched alkanes of at least 4 members (excludes halogenated alkanes) is 6. The van der Waals surface area contributed by atoms with Crippen molar-refractivity contribution in [2.24, 2.45) is 0 Å². The van der Waals surface area contributed by atoms with E-state index in [1.807, 2.05) is 24.3 Å². The highest BCUT2D eigenvalue weighted by molar-refractivity contribution is 9.10. The number of nitrogens with one attached hydrogen (secondary N) is 4. The van der Waals surface area contributed by atoms with Gasteiger partial charge in [-0.2, -0.15) is 4.72 Å². The number of amides is 2. The van der Waals surface area contributed by atoms with Gasteiger partial charge in [-0.15, -0.1) is 0 Å². The van der Waals surface area contributed by atoms with Crippen molar-refractivity contribution in [2.75, 3.05) is 0 Å². The van der Waals surface area contributed by atoms with Crippen molar-refractivity contribution in [3.8, 4) is 0 Å². The highest BCUT2D eigenvalue weighted by Crippen LogP contribution is 2.20. The largest absolute Gasteiger partial charge is 0.361 e. The lowest BCUT2D eigenvalue weighted by atomic mass is 10.1. The third-order valence-electron chi connectivity index (χ3n) is 6.17. The number of aromatic nitrogens is 1. The van der Waals surface area contributed by atoms with E-state index in [1.54, 1.807) is 18.3 Å². The number of hydrazine groups is 1. The van der Waals surface area contributed by atoms with E-state index in [4.69, 9.17) is 0 Å². The van der Waals surface area contributed by atoms with Crippen LogP contribution in [-0.2, 0) is 26.0 Å². The fourth-order valence-electron chi connectivity index (χ4n) is 4.10. The normalized spacial score (nSPS) is 12.4. The summed E-state index contributed by atoms with van der Waals surface area (Å²) in [6, 6.07) is 12.6. The highest BCUT2D eigenvalue weighted by atomic mass is 79.9. The standard InChI is InChI=1S/C27H35BrN4O4S/c1-2-3-4-5-6-7-8-13-26(33)30-31-27(34)25(18-20-19-29-24-12-10-9-11-23(20)24)32-37(35,36)22-16-14-21(28)15-17-22/h9-12,14-17,19,25,29,32H,2-8,13,18H2,1H3,(H,30,33)(H,31,34)/t25-/m0/s1. The van der Waals surface area contributed by atoms with Crippen molar-refractivity contribution < 1.29 is 18.0 Å². The average Bonchev–Trinajstić information content (AvgIpc) is 3.29. The monoisotopic (exact) mass is 590 g/mol. The number of hydrogen-bond acceptors (Lipinski definition) is 4. The lowest BCUT2D eigenvalue weighted by molar-refractivity contribution is -0.129. The number of para-hydroxylation sites is 1. The number of fused-ring (bicyclic) bond motifs is 1. The van der Waals surface area contributed by atoms with E-state index in [0.29, 0.717) is 6.42 Å². The zero-order valence-corrected chi connectivity index (χ0v) is 23.5. The smallest absolute Gasteiger partial charge is 0.256 e. The molecule has 0 fully saturated rings. The lowest BCUT2D eigenvalue weighted by Crippen LogP contribution is -2.53. The molecule has 0 aliphatic carbocycles. The Kier molecular flexibility index (Phi) is 11.2. The summed E-state index contributed by atoms with van der Waals surface area (Å²) in [7, 11) is -4.00. The number of carbonyl (C=O) groups excluding carboxylic acids is 2. The first kappa shape index (κ1) is 28.9. The second-order valence-electron chi connectivity index (χ2n) is 9.10. The first-order chi connectivity index (χ1) is 17.8. The molecule has 0 bridgehead atoms. The van der Waals surface area contributed by atoms with Gasteiger partial charge < -0.3 is 4.98 Å². The molecule has 37 heavy (non-hydrogen) atoms. The number of rotatable bonds is 14. The number of halogens is 1. The molecule has 3 rings (SSSR count). The van der Waals surface area contributed by atoms with Crippen LogP contribution in [0, 0.1) is 0 Å². The number of aromatic amines is 1. The number of sulfonamides is 1. The average molecular weight is 592 g/mol. The SMILES string of the molecule is CCCCCCCCCC(=O)NNC(=O)[C@H](Cc1c[nH]c2ccccc12)NS(=O)(=O)c1ccc(Br)cc1. The van der Waals surface area contributed by atoms with E-state index in [-0.39, 0.29) is 17.2 Å². The van der Waals surface area contributed by atoms with Crippen LogP contribution in [0.5, 0.6) is 0 Å². The zero-order chi connectivity index (χ0) is 26.7. The minimum absolute atomic E-state index is 0.0374. The predicted molar refractivity (Wildman–Crippen MR) is 149 cm³/mol. The van der Waals surface area contributed by atoms with E-state index in [0.717, 1.165) is 40.2 Å². The van der Waals surface area contributed by atoms with Crippen LogP contribution < -0.4 is 15.6 Å². The molecule has 4 N–H and O–H groups in total. The second-order valence-corrected chi connectivity index (χ2v) is 11.7. The second kappa shape index (κ2) is 14.3. The van der Waals surface area contributed by atoms with Crippen LogP contribution in [0.4, 0.5) is 0 Å². The molecule has 0 aliphatic heterocycles. The summed E-state index contributed by atoms with van der Waals surface area (Å²) in [5, 5.41) is 0.895. The minimum Gasteiger partial charge on any atom is -0.361 e. The molecule has 0 spiro atoms. The van der Waals surface area contributed by atoms with Crippen molar-refractivity contribution in [2.45, 2.75) is 75.6 Å². The van der Waals surface area contributed by atoms with E-state index in [1.165, 1.54) is 37.8 Å². The summed E-state index contributed by atoms with van der Waals surface area (Å²) in [6.07, 6.45) is 9.75. The molecule has 0 saturated carbocycles. The van der Waals surface area contributed by atoms with Crippen LogP contribution in [0.3, 0.4) is 0 Å². The molecule has 10 heteroatoms. The molecule has 1 heterocycles. The summed E-state index contributed by atoms with van der Waals surface area (Å²) in [5.74, 6) is -0.942. The molecule has 8 nitrogen and oxygen atoms in total. The fourth-order valence-corrected chi connectivity index (χ4v) is 5.56. The Balaban J connectivity index is 1.63. The summed E-state index contributed by atoms with van der Waals surface area (Å²) >= 11 is 3.30. The summed E-state index contributed by atoms with van der Waals surface area (Å²) in [5.41, 5.74) is 6.51. The van der Waals surface area contributed by atoms with Gasteiger partial charge >= 0.3 is 0 Å². The third-order valence-corrected chi connectivity index (χ3v) is 8.19. The quantitative estimate of drug-likeness (QED) is 0.154. The van der Waals surface area contributed by atoms with Crippen molar-refractivity contribution in [1.82, 2.24) is 20.6 Å². The number of H-pyrrole nitrogens is 1. The van der Waals surface area contributed by atoms with E-state index < -0.39 is 22.0 Å². The van der Waals surface area contributed by atoms with Crippen LogP contribution in [0.1, 0.15) is 63.9 Å². The number of carbonyl (C=O) groups is 2. The molecule has 200 valence electrons. The summed E-state index contributed by atoms with van der Waals surface area (Å²) < 4.78 is 29.4. The fraction of sp³-hybridized carbons (Fsp3) is 0.407. The van der Waals surface area contributed by atoms with Crippen molar-refractivity contribution >= 4 is 48.7 Å². The molecule has 2 amide bonds. The molecule has 3 aromatic rings. The van der Waals surface area contributed by atoms with Gasteiger partial charge in [0.1, 0.15) is 6.04 Å². The Morgan fingerprint density at radius 2 is 1.59 bits per heavy atom. The number of hydrogen-bond donors (Lipinski definition) is 4. The molecule has 0 aliphatic rings. The molecular weight excluding hydrogens is 556 g/mol. The first-order valence-electron chi connectivity index (χ1n) is 12.7. The van der Waals surface area contributed by atoms with Gasteiger partial charge in [0.25, 0.3) is 5.91 Å². The van der Waals surface area contributed by atoms with E-state index in [9.17, 15) is 18.0 Å². The minimum atomic E-state index is -4.00. The van der Waals surface area contributed by atoms with Crippen LogP contribution in [0.2, 0.25) is 0 Å². The van der Waals surface area contributed by atoms with Crippen LogP contribution in [0.25, 0.3) is 10.9 Å². The van der Waals surface area contributed by atoms with Gasteiger partial charge in [0.2, 0.25) is 15.9 Å². The molecular formula is C27H35BrN4O4S. The van der Waals surface area contributed by atoms with Gasteiger partial charge in [0.15, 0.2) is 0 Å². The maximum Gasteiger partial charge on any atom is 0.256 e. The topological polar surface area (TPSA) is 120 Å². The van der Waals surface area contributed by atoms with Crippen LogP contribution >= 0.6 is 15.9 Å². The zero-order valence-electron chi connectivity index (χ0n) is 21.1. The summed E-state index contributed by atoms with van der Waals surface area (Å²) in [6.45, 7) is 2.18. The van der Waals surface area contributed by atoms with Gasteiger partial charge in [-0.05, 0) is 48.7 Å². The molecule has 0 unspecified atom stereocenters. The van der Waals surface area contributed by atoms with Gasteiger partial charge in [-0.3, -0.25) is 20.4 Å². The lowest BCUT2D eigenvalue weighted by Gasteiger charge is -2.19. The Bertz CT molecular complexity index is 1280. The molecule has 1 aromatic heterocycles. The highest BCUT2D eigenvalue weighted by Gasteiger charge is 2.27. The number of benzene rings is 2. The maximum atomic E-state index is 13.1. The van der Waals surface area contributed by atoms with Gasteiger partial charge in [-0.1, -0.05) is 79.6 Å². The maximum absolute atomic E-state index is 13.1. The molecule has 2 aromatic carbocycles. The summed E-state index contributed by atoms with van der Waals surface area (Å²) in [4.78, 5) is 28.5. The van der Waals surface area contributed by atoms with E-state index >= 15 is 0 Å². The van der Waals surface area contributed by atoms with Crippen molar-refractivity contribution in [1.29, 1.82) is 0 Å². The van der Waals surface area contributed by atoms with Crippen molar-refractivity contribution in [3.05, 3.63) is 64.8 Å². The van der Waals surface area contributed by atoms with E-state index in [2.05, 4.69) is 43.4 Å².